The van der Waals surface area contributed by atoms with Gasteiger partial charge in [0, 0.05) is 21.8 Å². The van der Waals surface area contributed by atoms with Crippen LogP contribution in [0, 0.1) is 18.8 Å². The van der Waals surface area contributed by atoms with Crippen molar-refractivity contribution in [1.29, 1.82) is 0 Å². The number of carboxylic acids is 1. The van der Waals surface area contributed by atoms with Gasteiger partial charge in [-0.2, -0.15) is 0 Å². The molecule has 1 saturated carbocycles. The van der Waals surface area contributed by atoms with E-state index >= 15 is 0 Å². The lowest BCUT2D eigenvalue weighted by molar-refractivity contribution is -0.141. The molecule has 1 fully saturated rings. The van der Waals surface area contributed by atoms with E-state index in [4.69, 9.17) is 5.11 Å². The molecule has 0 heterocycles. The minimum atomic E-state index is -0.789. The van der Waals surface area contributed by atoms with Crippen molar-refractivity contribution in [3.05, 3.63) is 23.8 Å². The molecule has 0 aromatic heterocycles. The number of carboxylic acid groups (broad SMARTS) is 1. The Bertz CT molecular complexity index is 588. The van der Waals surface area contributed by atoms with Crippen LogP contribution in [0.4, 0.5) is 5.69 Å². The molecule has 1 aliphatic rings. The van der Waals surface area contributed by atoms with E-state index in [2.05, 4.69) is 25.2 Å². The van der Waals surface area contributed by atoms with E-state index in [-0.39, 0.29) is 17.7 Å². The zero-order valence-electron chi connectivity index (χ0n) is 14.0. The highest BCUT2D eigenvalue weighted by Crippen LogP contribution is 2.33. The topological polar surface area (TPSA) is 66.4 Å². The van der Waals surface area contributed by atoms with Crippen LogP contribution in [0.2, 0.25) is 0 Å². The highest BCUT2D eigenvalue weighted by molar-refractivity contribution is 7.99. The third-order valence-corrected chi connectivity index (χ3v) is 5.78. The molecule has 1 aromatic carbocycles. The molecule has 0 aliphatic heterocycles. The Kier molecular flexibility index (Phi) is 6.10. The molecule has 23 heavy (non-hydrogen) atoms. The summed E-state index contributed by atoms with van der Waals surface area (Å²) in [5, 5.41) is 12.6. The Morgan fingerprint density at radius 2 is 2.04 bits per heavy atom. The van der Waals surface area contributed by atoms with Crippen molar-refractivity contribution in [1.82, 2.24) is 0 Å². The standard InChI is InChI=1S/C18H25NO3S/c1-4-12(3)23-15-7-8-16(11(2)9-15)19-17(20)13-5-6-14(10-13)18(21)22/h7-9,12-14H,4-6,10H2,1-3H3,(H,19,20)(H,21,22)/t12?,13-,14+/m1/s1. The number of amides is 1. The molecule has 0 saturated heterocycles. The molecule has 3 atom stereocenters. The summed E-state index contributed by atoms with van der Waals surface area (Å²) in [6, 6.07) is 6.08. The molecule has 1 unspecified atom stereocenters. The number of aliphatic carboxylic acids is 1. The van der Waals surface area contributed by atoms with Crippen molar-refractivity contribution < 1.29 is 14.7 Å². The summed E-state index contributed by atoms with van der Waals surface area (Å²) < 4.78 is 0. The van der Waals surface area contributed by atoms with E-state index < -0.39 is 5.97 Å². The number of carbonyl (C=O) groups excluding carboxylic acids is 1. The molecule has 5 heteroatoms. The Morgan fingerprint density at radius 3 is 2.61 bits per heavy atom. The zero-order chi connectivity index (χ0) is 17.0. The minimum Gasteiger partial charge on any atom is -0.481 e. The fraction of sp³-hybridized carbons (Fsp3) is 0.556. The van der Waals surface area contributed by atoms with Gasteiger partial charge in [-0.05, 0) is 56.4 Å². The maximum Gasteiger partial charge on any atom is 0.306 e. The fourth-order valence-corrected chi connectivity index (χ4v) is 3.87. The largest absolute Gasteiger partial charge is 0.481 e. The summed E-state index contributed by atoms with van der Waals surface area (Å²) in [5.74, 6) is -1.41. The van der Waals surface area contributed by atoms with Crippen LogP contribution in [-0.4, -0.2) is 22.2 Å². The van der Waals surface area contributed by atoms with Gasteiger partial charge in [0.2, 0.25) is 5.91 Å². The number of rotatable bonds is 6. The SMILES string of the molecule is CCC(C)Sc1ccc(NC(=O)[C@@H]2CC[C@H](C(=O)O)C2)c(C)c1. The summed E-state index contributed by atoms with van der Waals surface area (Å²) in [5.41, 5.74) is 1.86. The second kappa shape index (κ2) is 7.86. The van der Waals surface area contributed by atoms with Crippen LogP contribution in [0.5, 0.6) is 0 Å². The average molecular weight is 335 g/mol. The first-order valence-corrected chi connectivity index (χ1v) is 9.09. The van der Waals surface area contributed by atoms with E-state index in [0.717, 1.165) is 17.7 Å². The maximum absolute atomic E-state index is 12.3. The lowest BCUT2D eigenvalue weighted by Crippen LogP contribution is -2.22. The van der Waals surface area contributed by atoms with E-state index in [1.54, 1.807) is 0 Å². The minimum absolute atomic E-state index is 0.0563. The first-order chi connectivity index (χ1) is 10.9. The number of nitrogens with one attached hydrogen (secondary N) is 1. The van der Waals surface area contributed by atoms with Crippen LogP contribution in [0.1, 0.15) is 45.1 Å². The lowest BCUT2D eigenvalue weighted by atomic mass is 10.0. The number of anilines is 1. The highest BCUT2D eigenvalue weighted by atomic mass is 32.2. The monoisotopic (exact) mass is 335 g/mol. The third kappa shape index (κ3) is 4.74. The average Bonchev–Trinajstić information content (AvgIpc) is 3.00. The first-order valence-electron chi connectivity index (χ1n) is 8.21. The van der Waals surface area contributed by atoms with E-state index in [9.17, 15) is 9.59 Å². The quantitative estimate of drug-likeness (QED) is 0.760. The molecule has 0 spiro atoms. The highest BCUT2D eigenvalue weighted by Gasteiger charge is 2.33. The molecule has 4 nitrogen and oxygen atoms in total. The van der Waals surface area contributed by atoms with Crippen LogP contribution in [-0.2, 0) is 9.59 Å². The summed E-state index contributed by atoms with van der Waals surface area (Å²) in [6.45, 7) is 6.37. The van der Waals surface area contributed by atoms with Gasteiger partial charge in [-0.1, -0.05) is 13.8 Å². The number of hydrogen-bond acceptors (Lipinski definition) is 3. The van der Waals surface area contributed by atoms with Crippen molar-refractivity contribution >= 4 is 29.3 Å². The van der Waals surface area contributed by atoms with Crippen molar-refractivity contribution in [3.63, 3.8) is 0 Å². The molecule has 0 bridgehead atoms. The molecule has 126 valence electrons. The van der Waals surface area contributed by atoms with Gasteiger partial charge in [0.1, 0.15) is 0 Å². The van der Waals surface area contributed by atoms with Crippen molar-refractivity contribution in [2.45, 2.75) is 56.6 Å². The lowest BCUT2D eigenvalue weighted by Gasteiger charge is -2.14. The van der Waals surface area contributed by atoms with E-state index in [1.165, 1.54) is 4.90 Å². The second-order valence-electron chi connectivity index (χ2n) is 6.35. The summed E-state index contributed by atoms with van der Waals surface area (Å²) in [7, 11) is 0. The number of thioether (sulfide) groups is 1. The predicted octanol–water partition coefficient (Wildman–Crippen LogP) is 4.33. The molecule has 0 radical (unpaired) electrons. The first kappa shape index (κ1) is 17.9. The van der Waals surface area contributed by atoms with Crippen molar-refractivity contribution in [2.75, 3.05) is 5.32 Å². The maximum atomic E-state index is 12.3. The number of carbonyl (C=O) groups is 2. The molecule has 2 rings (SSSR count). The predicted molar refractivity (Wildman–Crippen MR) is 93.9 cm³/mol. The molecule has 1 aliphatic carbocycles. The van der Waals surface area contributed by atoms with Gasteiger partial charge < -0.3 is 10.4 Å². The summed E-state index contributed by atoms with van der Waals surface area (Å²) in [4.78, 5) is 24.5. The van der Waals surface area contributed by atoms with Crippen LogP contribution >= 0.6 is 11.8 Å². The molecule has 1 aromatic rings. The number of aryl methyl sites for hydroxylation is 1. The van der Waals surface area contributed by atoms with Crippen LogP contribution in [0.3, 0.4) is 0 Å². The van der Waals surface area contributed by atoms with Gasteiger partial charge in [0.15, 0.2) is 0 Å². The molecule has 2 N–H and O–H groups in total. The van der Waals surface area contributed by atoms with Gasteiger partial charge in [-0.25, -0.2) is 0 Å². The smallest absolute Gasteiger partial charge is 0.306 e. The Balaban J connectivity index is 1.97. The second-order valence-corrected chi connectivity index (χ2v) is 7.86. The third-order valence-electron chi connectivity index (χ3n) is 4.52. The van der Waals surface area contributed by atoms with Crippen LogP contribution < -0.4 is 5.32 Å². The van der Waals surface area contributed by atoms with Gasteiger partial charge in [0.25, 0.3) is 0 Å². The van der Waals surface area contributed by atoms with Crippen molar-refractivity contribution in [2.24, 2.45) is 11.8 Å². The van der Waals surface area contributed by atoms with Gasteiger partial charge in [-0.15, -0.1) is 11.8 Å². The molecular weight excluding hydrogens is 310 g/mol. The Labute approximate surface area is 142 Å². The van der Waals surface area contributed by atoms with Crippen molar-refractivity contribution in [3.8, 4) is 0 Å². The normalized spacial score (nSPS) is 21.9. The van der Waals surface area contributed by atoms with Gasteiger partial charge in [0.05, 0.1) is 5.92 Å². The van der Waals surface area contributed by atoms with E-state index in [0.29, 0.717) is 24.5 Å². The molecular formula is C18H25NO3S. The summed E-state index contributed by atoms with van der Waals surface area (Å²) in [6.07, 6.45) is 2.82. The van der Waals surface area contributed by atoms with Gasteiger partial charge >= 0.3 is 5.97 Å². The number of hydrogen-bond donors (Lipinski definition) is 2. The van der Waals surface area contributed by atoms with Crippen LogP contribution in [0.15, 0.2) is 23.1 Å². The molecule has 1 amide bonds. The van der Waals surface area contributed by atoms with E-state index in [1.807, 2.05) is 30.8 Å². The Morgan fingerprint density at radius 1 is 1.35 bits per heavy atom. The number of benzene rings is 1. The Hall–Kier alpha value is -1.49. The zero-order valence-corrected chi connectivity index (χ0v) is 14.8. The fourth-order valence-electron chi connectivity index (χ4n) is 2.84. The van der Waals surface area contributed by atoms with Gasteiger partial charge in [-0.3, -0.25) is 9.59 Å². The van der Waals surface area contributed by atoms with Crippen LogP contribution in [0.25, 0.3) is 0 Å². The summed E-state index contributed by atoms with van der Waals surface area (Å²) >= 11 is 1.84.